The number of hydrogen-bond donors (Lipinski definition) is 1. The summed E-state index contributed by atoms with van der Waals surface area (Å²) in [5.74, 6) is 0.855. The highest BCUT2D eigenvalue weighted by molar-refractivity contribution is 6.18. The van der Waals surface area contributed by atoms with E-state index < -0.39 is 6.10 Å². The Labute approximate surface area is 90.7 Å². The molecule has 0 aliphatic rings. The summed E-state index contributed by atoms with van der Waals surface area (Å²) in [6.07, 6.45) is 0.212. The van der Waals surface area contributed by atoms with E-state index in [0.29, 0.717) is 18.2 Å². The number of halogens is 1. The molecule has 1 aromatic rings. The maximum atomic E-state index is 9.36. The van der Waals surface area contributed by atoms with Gasteiger partial charge in [-0.3, -0.25) is 0 Å². The molecule has 0 saturated carbocycles. The van der Waals surface area contributed by atoms with Gasteiger partial charge in [0.1, 0.15) is 0 Å². The van der Waals surface area contributed by atoms with Gasteiger partial charge in [-0.25, -0.2) is 0 Å². The van der Waals surface area contributed by atoms with Gasteiger partial charge in [-0.2, -0.15) is 0 Å². The van der Waals surface area contributed by atoms with E-state index in [1.54, 1.807) is 0 Å². The summed E-state index contributed by atoms with van der Waals surface area (Å²) in [5.41, 5.74) is 2.47. The van der Waals surface area contributed by atoms with Gasteiger partial charge in [-0.1, -0.05) is 38.1 Å². The number of aliphatic hydroxyl groups excluding tert-OH is 1. The maximum absolute atomic E-state index is 9.36. The van der Waals surface area contributed by atoms with Gasteiger partial charge in [0, 0.05) is 5.88 Å². The third kappa shape index (κ3) is 3.32. The van der Waals surface area contributed by atoms with Gasteiger partial charge >= 0.3 is 0 Å². The summed E-state index contributed by atoms with van der Waals surface area (Å²) in [4.78, 5) is 0. The van der Waals surface area contributed by atoms with E-state index in [9.17, 15) is 5.11 Å². The van der Waals surface area contributed by atoms with Gasteiger partial charge in [0.25, 0.3) is 0 Å². The number of rotatable bonds is 4. The summed E-state index contributed by atoms with van der Waals surface area (Å²) in [5, 5.41) is 9.36. The first-order valence-electron chi connectivity index (χ1n) is 4.96. The molecule has 0 spiro atoms. The van der Waals surface area contributed by atoms with E-state index in [0.717, 1.165) is 5.56 Å². The number of aliphatic hydroxyl groups is 1. The van der Waals surface area contributed by atoms with Crippen molar-refractivity contribution < 1.29 is 5.11 Å². The monoisotopic (exact) mass is 212 g/mol. The fourth-order valence-corrected chi connectivity index (χ4v) is 1.47. The Hall–Kier alpha value is -0.530. The van der Waals surface area contributed by atoms with E-state index in [1.807, 2.05) is 0 Å². The van der Waals surface area contributed by atoms with E-state index >= 15 is 0 Å². The molecule has 1 unspecified atom stereocenters. The average molecular weight is 213 g/mol. The minimum atomic E-state index is -0.429. The van der Waals surface area contributed by atoms with Crippen molar-refractivity contribution in [1.82, 2.24) is 0 Å². The Balaban J connectivity index is 2.64. The molecule has 0 amide bonds. The van der Waals surface area contributed by atoms with Crippen LogP contribution in [0.3, 0.4) is 0 Å². The van der Waals surface area contributed by atoms with Crippen molar-refractivity contribution in [2.75, 3.05) is 5.88 Å². The second-order valence-corrected chi connectivity index (χ2v) is 4.22. The zero-order valence-corrected chi connectivity index (χ0v) is 9.46. The molecule has 1 nitrogen and oxygen atoms in total. The molecular weight excluding hydrogens is 196 g/mol. The number of hydrogen-bond acceptors (Lipinski definition) is 1. The van der Waals surface area contributed by atoms with Crippen LogP contribution in [0.15, 0.2) is 24.3 Å². The molecule has 0 aliphatic heterocycles. The molecule has 14 heavy (non-hydrogen) atoms. The molecule has 0 fully saturated rings. The quantitative estimate of drug-likeness (QED) is 0.761. The van der Waals surface area contributed by atoms with Crippen molar-refractivity contribution in [1.29, 1.82) is 0 Å². The molecule has 0 heterocycles. The summed E-state index contributed by atoms with van der Waals surface area (Å²) in [6.45, 7) is 4.34. The lowest BCUT2D eigenvalue weighted by Gasteiger charge is -2.09. The lowest BCUT2D eigenvalue weighted by Crippen LogP contribution is -2.11. The van der Waals surface area contributed by atoms with Gasteiger partial charge in [0.15, 0.2) is 0 Å². The zero-order chi connectivity index (χ0) is 10.6. The number of benzene rings is 1. The van der Waals surface area contributed by atoms with E-state index in [1.165, 1.54) is 5.56 Å². The third-order valence-electron chi connectivity index (χ3n) is 2.30. The Morgan fingerprint density at radius 3 is 2.21 bits per heavy atom. The molecular formula is C12H17ClO. The highest BCUT2D eigenvalue weighted by Gasteiger charge is 2.04. The summed E-state index contributed by atoms with van der Waals surface area (Å²) in [7, 11) is 0. The van der Waals surface area contributed by atoms with Crippen molar-refractivity contribution >= 4 is 11.6 Å². The molecule has 0 aliphatic carbocycles. The van der Waals surface area contributed by atoms with Gasteiger partial charge in [-0.05, 0) is 23.5 Å². The Morgan fingerprint density at radius 2 is 1.79 bits per heavy atom. The highest BCUT2D eigenvalue weighted by atomic mass is 35.5. The van der Waals surface area contributed by atoms with Gasteiger partial charge in [0.05, 0.1) is 6.10 Å². The van der Waals surface area contributed by atoms with Crippen LogP contribution < -0.4 is 0 Å². The van der Waals surface area contributed by atoms with Crippen LogP contribution in [0.1, 0.15) is 30.9 Å². The molecule has 1 N–H and O–H groups in total. The maximum Gasteiger partial charge on any atom is 0.0715 e. The van der Waals surface area contributed by atoms with Crippen LogP contribution in [0.5, 0.6) is 0 Å². The van der Waals surface area contributed by atoms with Crippen LogP contribution in [-0.2, 0) is 6.42 Å². The summed E-state index contributed by atoms with van der Waals surface area (Å²) < 4.78 is 0. The topological polar surface area (TPSA) is 20.2 Å². The predicted molar refractivity (Wildman–Crippen MR) is 61.0 cm³/mol. The van der Waals surface area contributed by atoms with Crippen molar-refractivity contribution in [2.24, 2.45) is 0 Å². The zero-order valence-electron chi connectivity index (χ0n) is 8.70. The van der Waals surface area contributed by atoms with Crippen molar-refractivity contribution in [3.8, 4) is 0 Å². The summed E-state index contributed by atoms with van der Waals surface area (Å²) >= 11 is 5.53. The van der Waals surface area contributed by atoms with Crippen molar-refractivity contribution in [3.63, 3.8) is 0 Å². The van der Waals surface area contributed by atoms with Crippen molar-refractivity contribution in [2.45, 2.75) is 32.3 Å². The molecule has 0 saturated heterocycles. The first kappa shape index (κ1) is 11.5. The van der Waals surface area contributed by atoms with Crippen LogP contribution in [0, 0.1) is 0 Å². The average Bonchev–Trinajstić information content (AvgIpc) is 2.18. The third-order valence-corrected chi connectivity index (χ3v) is 2.65. The predicted octanol–water partition coefficient (Wildman–Crippen LogP) is 2.95. The largest absolute Gasteiger partial charge is 0.392 e. The molecule has 78 valence electrons. The van der Waals surface area contributed by atoms with Crippen LogP contribution in [0.4, 0.5) is 0 Å². The molecule has 2 heteroatoms. The fraction of sp³-hybridized carbons (Fsp3) is 0.500. The molecule has 1 aromatic carbocycles. The number of alkyl halides is 1. The minimum absolute atomic E-state index is 0.298. The standard InChI is InChI=1S/C12H17ClO/c1-9(2)11-5-3-10(4-6-11)7-12(14)8-13/h3-6,9,12,14H,7-8H2,1-2H3. The van der Waals surface area contributed by atoms with E-state index in [2.05, 4.69) is 38.1 Å². The molecule has 1 atom stereocenters. The Bertz CT molecular complexity index is 266. The lowest BCUT2D eigenvalue weighted by molar-refractivity contribution is 0.199. The molecule has 0 bridgehead atoms. The summed E-state index contributed by atoms with van der Waals surface area (Å²) in [6, 6.07) is 8.35. The fourth-order valence-electron chi connectivity index (χ4n) is 1.37. The molecule has 1 rings (SSSR count). The lowest BCUT2D eigenvalue weighted by atomic mass is 10.00. The van der Waals surface area contributed by atoms with Gasteiger partial charge in [0.2, 0.25) is 0 Å². The van der Waals surface area contributed by atoms with Gasteiger partial charge < -0.3 is 5.11 Å². The molecule has 0 aromatic heterocycles. The second kappa shape index (κ2) is 5.38. The normalized spacial score (nSPS) is 13.2. The van der Waals surface area contributed by atoms with Crippen LogP contribution >= 0.6 is 11.6 Å². The molecule has 0 radical (unpaired) electrons. The first-order valence-corrected chi connectivity index (χ1v) is 5.49. The minimum Gasteiger partial charge on any atom is -0.392 e. The SMILES string of the molecule is CC(C)c1ccc(CC(O)CCl)cc1. The first-order chi connectivity index (χ1) is 6.63. The highest BCUT2D eigenvalue weighted by Crippen LogP contribution is 2.15. The van der Waals surface area contributed by atoms with E-state index in [4.69, 9.17) is 11.6 Å². The van der Waals surface area contributed by atoms with Crippen molar-refractivity contribution in [3.05, 3.63) is 35.4 Å². The van der Waals surface area contributed by atoms with E-state index in [-0.39, 0.29) is 0 Å². The van der Waals surface area contributed by atoms with Crippen LogP contribution in [-0.4, -0.2) is 17.1 Å². The smallest absolute Gasteiger partial charge is 0.0715 e. The van der Waals surface area contributed by atoms with Gasteiger partial charge in [-0.15, -0.1) is 11.6 Å². The Morgan fingerprint density at radius 1 is 1.21 bits per heavy atom. The van der Waals surface area contributed by atoms with Crippen LogP contribution in [0.25, 0.3) is 0 Å². The van der Waals surface area contributed by atoms with Crippen LogP contribution in [0.2, 0.25) is 0 Å². The second-order valence-electron chi connectivity index (χ2n) is 3.91. The Kier molecular flexibility index (Phi) is 4.43.